The molecule has 1 amide bonds. The number of carbonyl (C=O) groups is 1. The molecule has 0 radical (unpaired) electrons. The van der Waals surface area contributed by atoms with Gasteiger partial charge in [-0.25, -0.2) is 0 Å². The minimum atomic E-state index is -0.191. The summed E-state index contributed by atoms with van der Waals surface area (Å²) >= 11 is 0. The highest BCUT2D eigenvalue weighted by atomic mass is 16.5. The SMILES string of the molecule is CCCN(C(=O)c1c[nH]c(C)cc1=O)[C@H]1C[C@@H](OCC)C12CCCC2. The van der Waals surface area contributed by atoms with E-state index in [9.17, 15) is 9.59 Å². The molecule has 0 unspecified atom stereocenters. The molecular formula is C20H30N2O3. The van der Waals surface area contributed by atoms with Crippen LogP contribution in [0, 0.1) is 12.3 Å². The van der Waals surface area contributed by atoms with Gasteiger partial charge in [0.15, 0.2) is 5.43 Å². The summed E-state index contributed by atoms with van der Waals surface area (Å²) in [6.07, 6.45) is 8.28. The summed E-state index contributed by atoms with van der Waals surface area (Å²) in [5, 5.41) is 0. The molecule has 25 heavy (non-hydrogen) atoms. The van der Waals surface area contributed by atoms with Gasteiger partial charge in [0.05, 0.1) is 6.10 Å². The highest BCUT2D eigenvalue weighted by Gasteiger charge is 2.59. The van der Waals surface area contributed by atoms with Gasteiger partial charge in [-0.2, -0.15) is 0 Å². The van der Waals surface area contributed by atoms with Crippen LogP contribution in [-0.4, -0.2) is 41.1 Å². The van der Waals surface area contributed by atoms with Gasteiger partial charge in [-0.3, -0.25) is 9.59 Å². The van der Waals surface area contributed by atoms with E-state index in [1.165, 1.54) is 18.9 Å². The molecule has 5 nitrogen and oxygen atoms in total. The van der Waals surface area contributed by atoms with E-state index in [1.807, 2.05) is 18.7 Å². The summed E-state index contributed by atoms with van der Waals surface area (Å²) in [4.78, 5) is 30.4. The molecule has 2 saturated carbocycles. The molecule has 2 fully saturated rings. The topological polar surface area (TPSA) is 62.4 Å². The van der Waals surface area contributed by atoms with Crippen LogP contribution in [0.5, 0.6) is 0 Å². The van der Waals surface area contributed by atoms with Crippen molar-refractivity contribution in [1.82, 2.24) is 9.88 Å². The lowest BCUT2D eigenvalue weighted by Crippen LogP contribution is -2.65. The Kier molecular flexibility index (Phi) is 5.32. The number of H-pyrrole nitrogens is 1. The van der Waals surface area contributed by atoms with E-state index < -0.39 is 0 Å². The Hall–Kier alpha value is -1.62. The van der Waals surface area contributed by atoms with Gasteiger partial charge in [-0.15, -0.1) is 0 Å². The minimum absolute atomic E-state index is 0.0955. The zero-order valence-corrected chi connectivity index (χ0v) is 15.6. The molecule has 2 atom stereocenters. The van der Waals surface area contributed by atoms with E-state index >= 15 is 0 Å². The quantitative estimate of drug-likeness (QED) is 0.860. The predicted octanol–water partition coefficient (Wildman–Crippen LogP) is 3.27. The number of ether oxygens (including phenoxy) is 1. The van der Waals surface area contributed by atoms with Gasteiger partial charge in [-0.05, 0) is 39.5 Å². The number of aryl methyl sites for hydroxylation is 1. The number of aromatic amines is 1. The first-order valence-corrected chi connectivity index (χ1v) is 9.65. The first-order valence-electron chi connectivity index (χ1n) is 9.65. The van der Waals surface area contributed by atoms with Crippen LogP contribution in [0.3, 0.4) is 0 Å². The number of rotatable bonds is 6. The van der Waals surface area contributed by atoms with Gasteiger partial charge < -0.3 is 14.6 Å². The molecule has 1 aromatic heterocycles. The van der Waals surface area contributed by atoms with Gasteiger partial charge in [0.1, 0.15) is 5.56 Å². The summed E-state index contributed by atoms with van der Waals surface area (Å²) in [5.74, 6) is -0.130. The molecule has 1 aromatic rings. The third-order valence-electron chi connectivity index (χ3n) is 6.03. The van der Waals surface area contributed by atoms with E-state index in [-0.39, 0.29) is 34.5 Å². The molecule has 0 aliphatic heterocycles. The molecular weight excluding hydrogens is 316 g/mol. The number of hydrogen-bond acceptors (Lipinski definition) is 3. The first kappa shape index (κ1) is 18.2. The lowest BCUT2D eigenvalue weighted by molar-refractivity contribution is -0.156. The van der Waals surface area contributed by atoms with Gasteiger partial charge in [-0.1, -0.05) is 19.8 Å². The normalized spacial score (nSPS) is 24.3. The highest BCUT2D eigenvalue weighted by Crippen LogP contribution is 2.56. The van der Waals surface area contributed by atoms with E-state index in [1.54, 1.807) is 6.20 Å². The van der Waals surface area contributed by atoms with E-state index in [0.717, 1.165) is 38.0 Å². The maximum absolute atomic E-state index is 13.2. The molecule has 1 heterocycles. The van der Waals surface area contributed by atoms with Crippen molar-refractivity contribution >= 4 is 5.91 Å². The monoisotopic (exact) mass is 346 g/mol. The summed E-state index contributed by atoms with van der Waals surface area (Å²) in [7, 11) is 0. The molecule has 1 N–H and O–H groups in total. The van der Waals surface area contributed by atoms with Crippen molar-refractivity contribution in [2.24, 2.45) is 5.41 Å². The Balaban J connectivity index is 1.88. The maximum Gasteiger partial charge on any atom is 0.259 e. The van der Waals surface area contributed by atoms with Crippen LogP contribution < -0.4 is 5.43 Å². The molecule has 5 heteroatoms. The van der Waals surface area contributed by atoms with E-state index in [4.69, 9.17) is 4.74 Å². The largest absolute Gasteiger partial charge is 0.378 e. The summed E-state index contributed by atoms with van der Waals surface area (Å²) in [6, 6.07) is 1.70. The van der Waals surface area contributed by atoms with Crippen LogP contribution in [0.4, 0.5) is 0 Å². The number of carbonyl (C=O) groups excluding carboxylic acids is 1. The van der Waals surface area contributed by atoms with Crippen molar-refractivity contribution in [2.75, 3.05) is 13.2 Å². The second-order valence-electron chi connectivity index (χ2n) is 7.53. The van der Waals surface area contributed by atoms with Crippen molar-refractivity contribution in [3.63, 3.8) is 0 Å². The Morgan fingerprint density at radius 2 is 2.08 bits per heavy atom. The second-order valence-corrected chi connectivity index (χ2v) is 7.53. The average Bonchev–Trinajstić information content (AvgIpc) is 3.09. The fourth-order valence-corrected chi connectivity index (χ4v) is 4.82. The molecule has 138 valence electrons. The Morgan fingerprint density at radius 1 is 1.36 bits per heavy atom. The fourth-order valence-electron chi connectivity index (χ4n) is 4.82. The van der Waals surface area contributed by atoms with E-state index in [0.29, 0.717) is 6.54 Å². The molecule has 3 rings (SSSR count). The zero-order valence-electron chi connectivity index (χ0n) is 15.6. The van der Waals surface area contributed by atoms with Crippen molar-refractivity contribution in [2.45, 2.75) is 71.4 Å². The van der Waals surface area contributed by atoms with E-state index in [2.05, 4.69) is 11.9 Å². The number of hydrogen-bond donors (Lipinski definition) is 1. The van der Waals surface area contributed by atoms with Crippen LogP contribution in [0.25, 0.3) is 0 Å². The molecule has 2 aliphatic carbocycles. The maximum atomic E-state index is 13.2. The van der Waals surface area contributed by atoms with Gasteiger partial charge in [0, 0.05) is 42.6 Å². The fraction of sp³-hybridized carbons (Fsp3) is 0.700. The predicted molar refractivity (Wildman–Crippen MR) is 97.8 cm³/mol. The standard InChI is InChI=1S/C20H30N2O3/c1-4-10-22(19(24)15-13-21-14(3)11-16(15)23)17-12-18(25-5-2)20(17)8-6-7-9-20/h11,13,17-18H,4-10,12H2,1-3H3,(H,21,23)/t17-,18+/m0/s1. The summed E-state index contributed by atoms with van der Waals surface area (Å²) < 4.78 is 5.99. The molecule has 1 spiro atoms. The summed E-state index contributed by atoms with van der Waals surface area (Å²) in [5.41, 5.74) is 0.935. The van der Waals surface area contributed by atoms with Crippen molar-refractivity contribution in [3.8, 4) is 0 Å². The second kappa shape index (κ2) is 7.32. The third-order valence-corrected chi connectivity index (χ3v) is 6.03. The van der Waals surface area contributed by atoms with Gasteiger partial charge >= 0.3 is 0 Å². The van der Waals surface area contributed by atoms with Crippen molar-refractivity contribution in [3.05, 3.63) is 33.7 Å². The van der Waals surface area contributed by atoms with Crippen LogP contribution >= 0.6 is 0 Å². The Labute approximate surface area is 149 Å². The number of nitrogens with zero attached hydrogens (tertiary/aromatic N) is 1. The Morgan fingerprint density at radius 3 is 2.68 bits per heavy atom. The lowest BCUT2D eigenvalue weighted by atomic mass is 9.59. The van der Waals surface area contributed by atoms with Crippen LogP contribution in [0.15, 0.2) is 17.1 Å². The lowest BCUT2D eigenvalue weighted by Gasteiger charge is -2.57. The van der Waals surface area contributed by atoms with Crippen LogP contribution in [0.2, 0.25) is 0 Å². The number of amides is 1. The molecule has 0 aromatic carbocycles. The zero-order chi connectivity index (χ0) is 18.0. The Bertz CT molecular complexity index is 676. The number of pyridine rings is 1. The molecule has 0 bridgehead atoms. The van der Waals surface area contributed by atoms with Crippen molar-refractivity contribution in [1.29, 1.82) is 0 Å². The first-order chi connectivity index (χ1) is 12.0. The summed E-state index contributed by atoms with van der Waals surface area (Å²) in [6.45, 7) is 7.36. The smallest absolute Gasteiger partial charge is 0.259 e. The minimum Gasteiger partial charge on any atom is -0.378 e. The highest BCUT2D eigenvalue weighted by molar-refractivity contribution is 5.94. The van der Waals surface area contributed by atoms with Crippen molar-refractivity contribution < 1.29 is 9.53 Å². The van der Waals surface area contributed by atoms with Crippen LogP contribution in [-0.2, 0) is 4.74 Å². The third kappa shape index (κ3) is 3.14. The molecule has 2 aliphatic rings. The number of aromatic nitrogens is 1. The number of nitrogens with one attached hydrogen (secondary N) is 1. The molecule has 0 saturated heterocycles. The van der Waals surface area contributed by atoms with Crippen LogP contribution in [0.1, 0.15) is 68.4 Å². The van der Waals surface area contributed by atoms with Gasteiger partial charge in [0.25, 0.3) is 5.91 Å². The average molecular weight is 346 g/mol. The van der Waals surface area contributed by atoms with Gasteiger partial charge in [0.2, 0.25) is 0 Å².